The fraction of sp³-hybridized carbons (Fsp3) is 0.294. The molecule has 1 aliphatic carbocycles. The fourth-order valence-corrected chi connectivity index (χ4v) is 4.81. The number of anilines is 1. The van der Waals surface area contributed by atoms with E-state index in [0.29, 0.717) is 0 Å². The van der Waals surface area contributed by atoms with Crippen molar-refractivity contribution < 1.29 is 4.74 Å². The van der Waals surface area contributed by atoms with Gasteiger partial charge in [-0.15, -0.1) is 11.3 Å². The molecule has 116 valence electrons. The summed E-state index contributed by atoms with van der Waals surface area (Å²) in [6, 6.07) is 12.6. The number of nitrogens with one attached hydrogen (secondary N) is 1. The first kappa shape index (κ1) is 14.5. The molecule has 0 spiro atoms. The molecule has 1 N–H and O–H groups in total. The molecule has 0 saturated heterocycles. The van der Waals surface area contributed by atoms with Gasteiger partial charge in [0, 0.05) is 11.4 Å². The van der Waals surface area contributed by atoms with Crippen LogP contribution in [0.4, 0.5) is 5.13 Å². The number of fused-ring (bicyclic) bond motifs is 1. The molecule has 0 radical (unpaired) electrons. The van der Waals surface area contributed by atoms with Crippen molar-refractivity contribution in [3.8, 4) is 11.8 Å². The summed E-state index contributed by atoms with van der Waals surface area (Å²) in [5, 5.41) is 13.6. The Bertz CT molecular complexity index is 853. The van der Waals surface area contributed by atoms with Crippen LogP contribution >= 0.6 is 22.7 Å². The van der Waals surface area contributed by atoms with Gasteiger partial charge in [0.05, 0.1) is 23.3 Å². The van der Waals surface area contributed by atoms with Crippen molar-refractivity contribution >= 4 is 37.3 Å². The first-order valence-corrected chi connectivity index (χ1v) is 9.05. The van der Waals surface area contributed by atoms with Crippen LogP contribution in [-0.4, -0.2) is 12.1 Å². The summed E-state index contributed by atoms with van der Waals surface area (Å²) in [4.78, 5) is 6.86. The van der Waals surface area contributed by atoms with Gasteiger partial charge in [-0.05, 0) is 36.6 Å². The second kappa shape index (κ2) is 5.52. The van der Waals surface area contributed by atoms with E-state index in [1.165, 1.54) is 15.1 Å². The second-order valence-corrected chi connectivity index (χ2v) is 7.76. The molecule has 1 fully saturated rings. The minimum atomic E-state index is -0.207. The molecule has 6 heteroatoms. The van der Waals surface area contributed by atoms with Gasteiger partial charge in [0.1, 0.15) is 10.6 Å². The highest BCUT2D eigenvalue weighted by Gasteiger charge is 2.46. The van der Waals surface area contributed by atoms with Crippen molar-refractivity contribution in [1.82, 2.24) is 4.98 Å². The lowest BCUT2D eigenvalue weighted by atomic mass is 10.1. The highest BCUT2D eigenvalue weighted by molar-refractivity contribution is 7.29. The molecule has 0 bridgehead atoms. The van der Waals surface area contributed by atoms with E-state index >= 15 is 0 Å². The summed E-state index contributed by atoms with van der Waals surface area (Å²) in [6.07, 6.45) is 1.97. The van der Waals surface area contributed by atoms with Crippen LogP contribution in [-0.2, 0) is 12.0 Å². The molecular weight excluding hydrogens is 326 g/mol. The van der Waals surface area contributed by atoms with E-state index in [4.69, 9.17) is 4.74 Å². The summed E-state index contributed by atoms with van der Waals surface area (Å²) in [5.41, 5.74) is 0.980. The van der Waals surface area contributed by atoms with Gasteiger partial charge in [-0.2, -0.15) is 5.26 Å². The Morgan fingerprint density at radius 2 is 2.09 bits per heavy atom. The third-order valence-electron chi connectivity index (χ3n) is 4.13. The topological polar surface area (TPSA) is 57.9 Å². The van der Waals surface area contributed by atoms with Crippen LogP contribution in [0.25, 0.3) is 9.53 Å². The molecule has 0 amide bonds. The highest BCUT2D eigenvalue weighted by atomic mass is 32.1. The average molecular weight is 341 g/mol. The van der Waals surface area contributed by atoms with Crippen LogP contribution in [0.5, 0.6) is 5.75 Å². The number of nitriles is 1. The smallest absolute Gasteiger partial charge is 0.184 e. The van der Waals surface area contributed by atoms with E-state index in [-0.39, 0.29) is 5.41 Å². The van der Waals surface area contributed by atoms with E-state index in [2.05, 4.69) is 22.4 Å². The normalized spacial score (nSPS) is 15.3. The minimum Gasteiger partial charge on any atom is -0.497 e. The molecule has 2 heterocycles. The average Bonchev–Trinajstić information content (AvgIpc) is 3.14. The Morgan fingerprint density at radius 3 is 2.70 bits per heavy atom. The summed E-state index contributed by atoms with van der Waals surface area (Å²) in [5.74, 6) is 0.863. The number of hydrogen-bond acceptors (Lipinski definition) is 6. The van der Waals surface area contributed by atoms with Gasteiger partial charge < -0.3 is 10.1 Å². The molecule has 1 aliphatic rings. The maximum Gasteiger partial charge on any atom is 0.184 e. The van der Waals surface area contributed by atoms with Crippen LogP contribution in [0.2, 0.25) is 0 Å². The summed E-state index contributed by atoms with van der Waals surface area (Å²) in [6.45, 7) is 0.736. The highest BCUT2D eigenvalue weighted by Crippen LogP contribution is 2.51. The lowest BCUT2D eigenvalue weighted by molar-refractivity contribution is 0.414. The zero-order chi connectivity index (χ0) is 15.9. The molecule has 0 atom stereocenters. The molecule has 4 rings (SSSR count). The van der Waals surface area contributed by atoms with Crippen LogP contribution in [0.1, 0.15) is 23.3 Å². The number of benzene rings is 1. The Balaban J connectivity index is 1.47. The molecule has 0 unspecified atom stereocenters. The van der Waals surface area contributed by atoms with Crippen LogP contribution in [0, 0.1) is 11.3 Å². The number of thiophene rings is 1. The summed E-state index contributed by atoms with van der Waals surface area (Å²) >= 11 is 3.31. The minimum absolute atomic E-state index is 0.207. The van der Waals surface area contributed by atoms with Gasteiger partial charge in [-0.25, -0.2) is 4.98 Å². The van der Waals surface area contributed by atoms with Crippen molar-refractivity contribution in [3.63, 3.8) is 0 Å². The van der Waals surface area contributed by atoms with E-state index in [1.807, 2.05) is 24.3 Å². The van der Waals surface area contributed by atoms with Crippen molar-refractivity contribution in [3.05, 3.63) is 40.8 Å². The zero-order valence-corrected chi connectivity index (χ0v) is 14.3. The van der Waals surface area contributed by atoms with Crippen molar-refractivity contribution in [2.45, 2.75) is 24.8 Å². The standard InChI is InChI=1S/C17H15N3OS2/c1-21-12-4-2-11(3-5-12)9-19-16-20-15-13(22-16)8-14(23-15)17(10-18)6-7-17/h2-5,8H,6-7,9H2,1H3,(H,19,20). The predicted octanol–water partition coefficient (Wildman–Crippen LogP) is 4.53. The molecule has 1 aromatic carbocycles. The van der Waals surface area contributed by atoms with Gasteiger partial charge in [0.2, 0.25) is 0 Å². The van der Waals surface area contributed by atoms with Gasteiger partial charge in [-0.3, -0.25) is 0 Å². The number of aromatic nitrogens is 1. The number of hydrogen-bond donors (Lipinski definition) is 1. The van der Waals surface area contributed by atoms with Gasteiger partial charge in [-0.1, -0.05) is 23.5 Å². The molecule has 23 heavy (non-hydrogen) atoms. The Morgan fingerprint density at radius 1 is 1.30 bits per heavy atom. The molecule has 3 aromatic rings. The van der Waals surface area contributed by atoms with Gasteiger partial charge in [0.15, 0.2) is 5.13 Å². The maximum atomic E-state index is 9.29. The first-order chi connectivity index (χ1) is 11.2. The first-order valence-electron chi connectivity index (χ1n) is 7.41. The predicted molar refractivity (Wildman–Crippen MR) is 94.3 cm³/mol. The number of ether oxygens (including phenoxy) is 1. The van der Waals surface area contributed by atoms with E-state index in [1.54, 1.807) is 29.8 Å². The molecule has 2 aromatic heterocycles. The van der Waals surface area contributed by atoms with Crippen molar-refractivity contribution in [2.75, 3.05) is 12.4 Å². The second-order valence-electron chi connectivity index (χ2n) is 5.69. The SMILES string of the molecule is COc1ccc(CNc2nc3sc(C4(C#N)CC4)cc3s2)cc1. The van der Waals surface area contributed by atoms with Crippen molar-refractivity contribution in [2.24, 2.45) is 0 Å². The van der Waals surface area contributed by atoms with Crippen molar-refractivity contribution in [1.29, 1.82) is 5.26 Å². The molecule has 0 aliphatic heterocycles. The Kier molecular flexibility index (Phi) is 3.47. The monoisotopic (exact) mass is 341 g/mol. The van der Waals surface area contributed by atoms with E-state index < -0.39 is 0 Å². The Labute approximate surface area is 142 Å². The lowest BCUT2D eigenvalue weighted by Gasteiger charge is -2.04. The number of methoxy groups -OCH3 is 1. The van der Waals surface area contributed by atoms with Gasteiger partial charge in [0.25, 0.3) is 0 Å². The Hall–Kier alpha value is -2.10. The van der Waals surface area contributed by atoms with E-state index in [9.17, 15) is 5.26 Å². The zero-order valence-electron chi connectivity index (χ0n) is 12.6. The maximum absolute atomic E-state index is 9.29. The lowest BCUT2D eigenvalue weighted by Crippen LogP contribution is -1.99. The quantitative estimate of drug-likeness (QED) is 0.740. The van der Waals surface area contributed by atoms with E-state index in [0.717, 1.165) is 35.1 Å². The largest absolute Gasteiger partial charge is 0.497 e. The summed E-state index contributed by atoms with van der Waals surface area (Å²) in [7, 11) is 1.67. The van der Waals surface area contributed by atoms with Crippen LogP contribution < -0.4 is 10.1 Å². The van der Waals surface area contributed by atoms with Crippen LogP contribution in [0.3, 0.4) is 0 Å². The summed E-state index contributed by atoms with van der Waals surface area (Å²) < 4.78 is 6.33. The van der Waals surface area contributed by atoms with Gasteiger partial charge >= 0.3 is 0 Å². The third-order valence-corrected chi connectivity index (χ3v) is 6.45. The number of rotatable bonds is 5. The fourth-order valence-electron chi connectivity index (χ4n) is 2.51. The van der Waals surface area contributed by atoms with Crippen LogP contribution in [0.15, 0.2) is 30.3 Å². The third kappa shape index (κ3) is 2.67. The number of nitrogens with zero attached hydrogens (tertiary/aromatic N) is 2. The molecule has 4 nitrogen and oxygen atoms in total. The molecular formula is C17H15N3OS2. The number of thiazole rings is 1. The molecule has 1 saturated carbocycles.